The first kappa shape index (κ1) is 17.0. The molecule has 1 unspecified atom stereocenters. The van der Waals surface area contributed by atoms with Gasteiger partial charge in [0.2, 0.25) is 0 Å². The van der Waals surface area contributed by atoms with Gasteiger partial charge in [-0.05, 0) is 31.0 Å². The van der Waals surface area contributed by atoms with Crippen LogP contribution in [0.3, 0.4) is 0 Å². The molecular weight excluding hydrogens is 267 g/mol. The molecule has 5 heteroatoms. The number of ether oxygens (including phenoxy) is 1. The fourth-order valence-electron chi connectivity index (χ4n) is 1.75. The van der Waals surface area contributed by atoms with Gasteiger partial charge in [0, 0.05) is 6.04 Å². The lowest BCUT2D eigenvalue weighted by Gasteiger charge is -2.18. The van der Waals surface area contributed by atoms with Gasteiger partial charge >= 0.3 is 6.18 Å². The van der Waals surface area contributed by atoms with Crippen LogP contribution in [0.15, 0.2) is 24.3 Å². The number of alkyl halides is 3. The normalized spacial score (nSPS) is 13.8. The van der Waals surface area contributed by atoms with Gasteiger partial charge in [-0.3, -0.25) is 0 Å². The van der Waals surface area contributed by atoms with E-state index in [-0.39, 0.29) is 6.61 Å². The molecule has 0 saturated heterocycles. The van der Waals surface area contributed by atoms with Crippen LogP contribution < -0.4 is 5.32 Å². The van der Waals surface area contributed by atoms with E-state index >= 15 is 0 Å². The smallest absolute Gasteiger partial charge is 0.364 e. The standard InChI is InChI=1S/C15H22F3NO/c1-11(2)19-9-8-13-6-4-5-7-14(13)10-20-12(3)15(16,17)18/h4-7,11-12,19H,8-10H2,1-3H3. The zero-order valence-electron chi connectivity index (χ0n) is 12.1. The molecule has 0 radical (unpaired) electrons. The lowest BCUT2D eigenvalue weighted by Crippen LogP contribution is -2.28. The van der Waals surface area contributed by atoms with Crippen molar-refractivity contribution in [3.63, 3.8) is 0 Å². The Morgan fingerprint density at radius 1 is 1.10 bits per heavy atom. The zero-order chi connectivity index (χ0) is 15.2. The molecule has 0 amide bonds. The molecule has 0 heterocycles. The summed E-state index contributed by atoms with van der Waals surface area (Å²) < 4.78 is 42.1. The monoisotopic (exact) mass is 289 g/mol. The van der Waals surface area contributed by atoms with Gasteiger partial charge in [0.05, 0.1) is 6.61 Å². The minimum absolute atomic E-state index is 0.0153. The summed E-state index contributed by atoms with van der Waals surface area (Å²) in [6.45, 7) is 5.92. The van der Waals surface area contributed by atoms with Gasteiger partial charge in [-0.15, -0.1) is 0 Å². The van der Waals surface area contributed by atoms with Gasteiger partial charge in [0.15, 0.2) is 6.10 Å². The van der Waals surface area contributed by atoms with Crippen molar-refractivity contribution in [3.8, 4) is 0 Å². The molecule has 0 spiro atoms. The highest BCUT2D eigenvalue weighted by atomic mass is 19.4. The Labute approximate surface area is 118 Å². The number of hydrogen-bond donors (Lipinski definition) is 1. The molecule has 1 aromatic rings. The van der Waals surface area contributed by atoms with Crippen molar-refractivity contribution in [1.82, 2.24) is 5.32 Å². The number of benzene rings is 1. The Morgan fingerprint density at radius 3 is 2.25 bits per heavy atom. The predicted octanol–water partition coefficient (Wildman–Crippen LogP) is 3.69. The van der Waals surface area contributed by atoms with E-state index in [1.165, 1.54) is 0 Å². The van der Waals surface area contributed by atoms with Crippen LogP contribution in [0.4, 0.5) is 13.2 Å². The van der Waals surface area contributed by atoms with Crippen molar-refractivity contribution in [3.05, 3.63) is 35.4 Å². The fraction of sp³-hybridized carbons (Fsp3) is 0.600. The summed E-state index contributed by atoms with van der Waals surface area (Å²) >= 11 is 0. The number of halogens is 3. The van der Waals surface area contributed by atoms with Crippen LogP contribution in [0.5, 0.6) is 0 Å². The zero-order valence-corrected chi connectivity index (χ0v) is 12.1. The average molecular weight is 289 g/mol. The van der Waals surface area contributed by atoms with E-state index in [0.717, 1.165) is 31.0 Å². The van der Waals surface area contributed by atoms with Gasteiger partial charge < -0.3 is 10.1 Å². The van der Waals surface area contributed by atoms with Crippen molar-refractivity contribution < 1.29 is 17.9 Å². The molecule has 0 aromatic heterocycles. The van der Waals surface area contributed by atoms with Crippen LogP contribution in [-0.2, 0) is 17.8 Å². The Balaban J connectivity index is 2.57. The molecule has 0 aliphatic carbocycles. The van der Waals surface area contributed by atoms with Crippen LogP contribution >= 0.6 is 0 Å². The minimum atomic E-state index is -4.31. The van der Waals surface area contributed by atoms with Crippen molar-refractivity contribution in [2.75, 3.05) is 6.54 Å². The molecule has 20 heavy (non-hydrogen) atoms. The summed E-state index contributed by atoms with van der Waals surface area (Å²) in [7, 11) is 0. The second-order valence-corrected chi connectivity index (χ2v) is 5.12. The second kappa shape index (κ2) is 7.64. The highest BCUT2D eigenvalue weighted by Crippen LogP contribution is 2.23. The van der Waals surface area contributed by atoms with Crippen LogP contribution in [0, 0.1) is 0 Å². The predicted molar refractivity (Wildman–Crippen MR) is 73.6 cm³/mol. The second-order valence-electron chi connectivity index (χ2n) is 5.12. The number of hydrogen-bond acceptors (Lipinski definition) is 2. The SMILES string of the molecule is CC(C)NCCc1ccccc1COC(C)C(F)(F)F. The third kappa shape index (κ3) is 5.92. The Hall–Kier alpha value is -1.07. The average Bonchev–Trinajstić information content (AvgIpc) is 2.35. The highest BCUT2D eigenvalue weighted by molar-refractivity contribution is 5.26. The molecule has 1 N–H and O–H groups in total. The third-order valence-electron chi connectivity index (χ3n) is 3.02. The van der Waals surface area contributed by atoms with Gasteiger partial charge in [-0.25, -0.2) is 0 Å². The molecule has 114 valence electrons. The Morgan fingerprint density at radius 2 is 1.70 bits per heavy atom. The summed E-state index contributed by atoms with van der Waals surface area (Å²) in [6.07, 6.45) is -5.28. The summed E-state index contributed by atoms with van der Waals surface area (Å²) in [4.78, 5) is 0. The van der Waals surface area contributed by atoms with E-state index in [9.17, 15) is 13.2 Å². The number of nitrogens with one attached hydrogen (secondary N) is 1. The van der Waals surface area contributed by atoms with Gasteiger partial charge in [-0.1, -0.05) is 38.1 Å². The summed E-state index contributed by atoms with van der Waals surface area (Å²) in [5, 5.41) is 3.29. The molecule has 1 atom stereocenters. The van der Waals surface area contributed by atoms with Crippen molar-refractivity contribution in [2.45, 2.75) is 52.1 Å². The number of rotatable bonds is 7. The molecule has 0 saturated carbocycles. The topological polar surface area (TPSA) is 21.3 Å². The minimum Gasteiger partial charge on any atom is -0.364 e. The van der Waals surface area contributed by atoms with Gasteiger partial charge in [-0.2, -0.15) is 13.2 Å². The molecule has 0 aliphatic heterocycles. The Bertz CT molecular complexity index is 404. The van der Waals surface area contributed by atoms with Crippen LogP contribution in [-0.4, -0.2) is 24.9 Å². The molecular formula is C15H22F3NO. The van der Waals surface area contributed by atoms with Crippen molar-refractivity contribution in [1.29, 1.82) is 0 Å². The van der Waals surface area contributed by atoms with E-state index in [2.05, 4.69) is 19.2 Å². The molecule has 1 aromatic carbocycles. The maximum Gasteiger partial charge on any atom is 0.414 e. The van der Waals surface area contributed by atoms with Crippen LogP contribution in [0.1, 0.15) is 31.9 Å². The van der Waals surface area contributed by atoms with Crippen molar-refractivity contribution in [2.24, 2.45) is 0 Å². The maximum atomic E-state index is 12.4. The lowest BCUT2D eigenvalue weighted by atomic mass is 10.1. The Kier molecular flexibility index (Phi) is 6.49. The van der Waals surface area contributed by atoms with Crippen LogP contribution in [0.2, 0.25) is 0 Å². The highest BCUT2D eigenvalue weighted by Gasteiger charge is 2.36. The fourth-order valence-corrected chi connectivity index (χ4v) is 1.75. The maximum absolute atomic E-state index is 12.4. The molecule has 1 rings (SSSR count). The quantitative estimate of drug-likeness (QED) is 0.826. The molecule has 0 fully saturated rings. The van der Waals surface area contributed by atoms with E-state index in [1.54, 1.807) is 0 Å². The lowest BCUT2D eigenvalue weighted by molar-refractivity contribution is -0.217. The van der Waals surface area contributed by atoms with E-state index in [1.807, 2.05) is 24.3 Å². The third-order valence-corrected chi connectivity index (χ3v) is 3.02. The first-order valence-corrected chi connectivity index (χ1v) is 6.79. The van der Waals surface area contributed by atoms with E-state index in [4.69, 9.17) is 4.74 Å². The van der Waals surface area contributed by atoms with E-state index in [0.29, 0.717) is 6.04 Å². The first-order valence-electron chi connectivity index (χ1n) is 6.79. The van der Waals surface area contributed by atoms with Gasteiger partial charge in [0.25, 0.3) is 0 Å². The van der Waals surface area contributed by atoms with Crippen LogP contribution in [0.25, 0.3) is 0 Å². The summed E-state index contributed by atoms with van der Waals surface area (Å²) in [5.41, 5.74) is 1.84. The van der Waals surface area contributed by atoms with Gasteiger partial charge in [0.1, 0.15) is 0 Å². The van der Waals surface area contributed by atoms with E-state index < -0.39 is 12.3 Å². The largest absolute Gasteiger partial charge is 0.414 e. The summed E-state index contributed by atoms with van der Waals surface area (Å²) in [6, 6.07) is 7.84. The molecule has 0 aliphatic rings. The van der Waals surface area contributed by atoms with Crippen molar-refractivity contribution >= 4 is 0 Å². The first-order chi connectivity index (χ1) is 9.30. The molecule has 0 bridgehead atoms. The summed E-state index contributed by atoms with van der Waals surface area (Å²) in [5.74, 6) is 0. The molecule has 2 nitrogen and oxygen atoms in total.